The standard InChI is InChI=1S/C10H13N2O2.BF4/c1-3-13-8-5-6-10(14-4-2)9(7-8)12-11;2-1(3,4)5/h5-7H,3-4H2,1-2H3;/q+1;-1. The van der Waals surface area contributed by atoms with E-state index in [1.165, 1.54) is 0 Å². The molecule has 4 nitrogen and oxygen atoms in total. The highest BCUT2D eigenvalue weighted by Gasteiger charge is 2.20. The summed E-state index contributed by atoms with van der Waals surface area (Å²) in [6.07, 6.45) is 0. The summed E-state index contributed by atoms with van der Waals surface area (Å²) < 4.78 is 49.5. The first-order valence-electron chi connectivity index (χ1n) is 5.43. The van der Waals surface area contributed by atoms with Gasteiger partial charge in [-0.25, -0.2) is 0 Å². The highest BCUT2D eigenvalue weighted by molar-refractivity contribution is 6.50. The van der Waals surface area contributed by atoms with E-state index in [0.717, 1.165) is 0 Å². The molecule has 1 rings (SSSR count). The SMILES string of the molecule is CCOc1ccc(OCC)c([N+]#N)c1.F[B-](F)(F)F. The number of hydrogen-bond acceptors (Lipinski definition) is 3. The fourth-order valence-electron chi connectivity index (χ4n) is 1.11. The smallest absolute Gasteiger partial charge is 0.494 e. The summed E-state index contributed by atoms with van der Waals surface area (Å²) in [5, 5.41) is 8.73. The molecule has 0 saturated carbocycles. The summed E-state index contributed by atoms with van der Waals surface area (Å²) in [6, 6.07) is 5.14. The Morgan fingerprint density at radius 3 is 2.05 bits per heavy atom. The van der Waals surface area contributed by atoms with E-state index >= 15 is 0 Å². The van der Waals surface area contributed by atoms with Gasteiger partial charge in [-0.1, -0.05) is 0 Å². The predicted octanol–water partition coefficient (Wildman–Crippen LogP) is 4.27. The Labute approximate surface area is 108 Å². The van der Waals surface area contributed by atoms with Crippen LogP contribution >= 0.6 is 0 Å². The second kappa shape index (κ2) is 8.18. The van der Waals surface area contributed by atoms with E-state index in [4.69, 9.17) is 14.9 Å². The first-order chi connectivity index (χ1) is 8.81. The number of ether oxygens (including phenoxy) is 2. The average Bonchev–Trinajstić information content (AvgIpc) is 2.29. The van der Waals surface area contributed by atoms with E-state index in [9.17, 15) is 17.3 Å². The number of nitrogens with zero attached hydrogens (tertiary/aromatic N) is 2. The molecule has 1 aromatic rings. The van der Waals surface area contributed by atoms with E-state index in [1.807, 2.05) is 13.8 Å². The third-order valence-electron chi connectivity index (χ3n) is 1.65. The average molecular weight is 280 g/mol. The molecule has 0 amide bonds. The molecule has 0 aliphatic heterocycles. The Hall–Kier alpha value is -1.98. The molecule has 0 aliphatic carbocycles. The summed E-state index contributed by atoms with van der Waals surface area (Å²) in [7, 11) is -6.00. The lowest BCUT2D eigenvalue weighted by Gasteiger charge is -2.03. The van der Waals surface area contributed by atoms with E-state index in [2.05, 4.69) is 4.98 Å². The minimum absolute atomic E-state index is 0.387. The molecule has 19 heavy (non-hydrogen) atoms. The van der Waals surface area contributed by atoms with Crippen molar-refractivity contribution in [3.63, 3.8) is 0 Å². The Morgan fingerprint density at radius 1 is 1.11 bits per heavy atom. The van der Waals surface area contributed by atoms with Crippen LogP contribution in [0.25, 0.3) is 4.98 Å². The van der Waals surface area contributed by atoms with Gasteiger partial charge in [0.15, 0.2) is 4.98 Å². The van der Waals surface area contributed by atoms with Gasteiger partial charge in [-0.2, -0.15) is 0 Å². The zero-order valence-corrected chi connectivity index (χ0v) is 10.4. The van der Waals surface area contributed by atoms with Gasteiger partial charge < -0.3 is 26.7 Å². The molecule has 106 valence electrons. The topological polar surface area (TPSA) is 46.6 Å². The van der Waals surface area contributed by atoms with Crippen LogP contribution in [-0.2, 0) is 0 Å². The molecular weight excluding hydrogens is 267 g/mol. The first-order valence-corrected chi connectivity index (χ1v) is 5.43. The number of rotatable bonds is 4. The van der Waals surface area contributed by atoms with Gasteiger partial charge in [0.25, 0.3) is 0 Å². The van der Waals surface area contributed by atoms with Crippen LogP contribution in [0.15, 0.2) is 18.2 Å². The van der Waals surface area contributed by atoms with Crippen LogP contribution in [0.3, 0.4) is 0 Å². The molecule has 9 heteroatoms. The van der Waals surface area contributed by atoms with Crippen LogP contribution in [0.5, 0.6) is 11.5 Å². The van der Waals surface area contributed by atoms with Crippen molar-refractivity contribution in [2.75, 3.05) is 13.2 Å². The molecule has 0 heterocycles. The minimum Gasteiger partial charge on any atom is -0.494 e. The maximum atomic E-state index is 9.75. The summed E-state index contributed by atoms with van der Waals surface area (Å²) >= 11 is 0. The molecule has 0 aromatic heterocycles. The largest absolute Gasteiger partial charge is 0.673 e. The molecule has 0 saturated heterocycles. The van der Waals surface area contributed by atoms with Gasteiger partial charge in [0.2, 0.25) is 11.1 Å². The van der Waals surface area contributed by atoms with Crippen molar-refractivity contribution in [3.05, 3.63) is 23.2 Å². The number of benzene rings is 1. The van der Waals surface area contributed by atoms with Crippen LogP contribution < -0.4 is 9.47 Å². The minimum atomic E-state index is -6.00. The summed E-state index contributed by atoms with van der Waals surface area (Å²) in [6.45, 7) is 4.89. The third kappa shape index (κ3) is 8.71. The van der Waals surface area contributed by atoms with E-state index in [0.29, 0.717) is 30.4 Å². The molecule has 0 fully saturated rings. The molecular formula is C10H13BF4N2O2. The number of hydrogen-bond donors (Lipinski definition) is 0. The molecule has 0 unspecified atom stereocenters. The van der Waals surface area contributed by atoms with Crippen LogP contribution in [-0.4, -0.2) is 20.5 Å². The van der Waals surface area contributed by atoms with Crippen molar-refractivity contribution >= 4 is 12.9 Å². The highest BCUT2D eigenvalue weighted by Crippen LogP contribution is 2.31. The predicted molar refractivity (Wildman–Crippen MR) is 63.7 cm³/mol. The maximum Gasteiger partial charge on any atom is 0.673 e. The van der Waals surface area contributed by atoms with E-state index in [1.54, 1.807) is 18.2 Å². The number of diazo groups is 1. The lowest BCUT2D eigenvalue weighted by Crippen LogP contribution is -2.02. The van der Waals surface area contributed by atoms with Crippen LogP contribution in [0.1, 0.15) is 13.8 Å². The Balaban J connectivity index is 0.000000555. The van der Waals surface area contributed by atoms with E-state index in [-0.39, 0.29) is 0 Å². The molecule has 0 atom stereocenters. The van der Waals surface area contributed by atoms with Crippen molar-refractivity contribution < 1.29 is 26.7 Å². The van der Waals surface area contributed by atoms with Gasteiger partial charge in [-0.05, 0) is 26.0 Å². The third-order valence-corrected chi connectivity index (χ3v) is 1.65. The van der Waals surface area contributed by atoms with Crippen molar-refractivity contribution in [2.45, 2.75) is 13.8 Å². The van der Waals surface area contributed by atoms with Gasteiger partial charge in [0.1, 0.15) is 5.75 Å². The zero-order chi connectivity index (χ0) is 14.9. The van der Waals surface area contributed by atoms with Gasteiger partial charge in [-0.15, -0.1) is 0 Å². The lowest BCUT2D eigenvalue weighted by molar-refractivity contribution is 0.332. The monoisotopic (exact) mass is 280 g/mol. The second-order valence-electron chi connectivity index (χ2n) is 3.09. The van der Waals surface area contributed by atoms with E-state index < -0.39 is 7.25 Å². The molecule has 1 aromatic carbocycles. The lowest BCUT2D eigenvalue weighted by atomic mass is 10.3. The molecule has 0 spiro atoms. The fourth-order valence-corrected chi connectivity index (χ4v) is 1.11. The van der Waals surface area contributed by atoms with Gasteiger partial charge in [-0.3, -0.25) is 0 Å². The Kier molecular flexibility index (Phi) is 7.33. The molecule has 0 N–H and O–H groups in total. The Bertz CT molecular complexity index is 429. The first kappa shape index (κ1) is 17.0. The van der Waals surface area contributed by atoms with Gasteiger partial charge in [0, 0.05) is 0 Å². The summed E-state index contributed by atoms with van der Waals surface area (Å²) in [5.41, 5.74) is 0.387. The number of halogens is 4. The van der Waals surface area contributed by atoms with Gasteiger partial charge in [0.05, 0.1) is 19.3 Å². The van der Waals surface area contributed by atoms with Gasteiger partial charge >= 0.3 is 12.9 Å². The van der Waals surface area contributed by atoms with Crippen LogP contribution in [0, 0.1) is 5.39 Å². The fraction of sp³-hybridized carbons (Fsp3) is 0.400. The highest BCUT2D eigenvalue weighted by atomic mass is 19.5. The second-order valence-corrected chi connectivity index (χ2v) is 3.09. The normalized spacial score (nSPS) is 9.95. The molecule has 0 aliphatic rings. The van der Waals surface area contributed by atoms with Crippen molar-refractivity contribution in [3.8, 4) is 11.5 Å². The molecule has 0 radical (unpaired) electrons. The van der Waals surface area contributed by atoms with Crippen molar-refractivity contribution in [1.82, 2.24) is 0 Å². The maximum absolute atomic E-state index is 9.75. The summed E-state index contributed by atoms with van der Waals surface area (Å²) in [5.74, 6) is 1.22. The zero-order valence-electron chi connectivity index (χ0n) is 10.4. The summed E-state index contributed by atoms with van der Waals surface area (Å²) in [4.78, 5) is 3.13. The molecule has 0 bridgehead atoms. The van der Waals surface area contributed by atoms with Crippen LogP contribution in [0.2, 0.25) is 0 Å². The van der Waals surface area contributed by atoms with Crippen LogP contribution in [0.4, 0.5) is 23.0 Å². The quantitative estimate of drug-likeness (QED) is 0.470. The van der Waals surface area contributed by atoms with Crippen molar-refractivity contribution in [2.24, 2.45) is 0 Å². The Morgan fingerprint density at radius 2 is 1.63 bits per heavy atom. The van der Waals surface area contributed by atoms with Crippen molar-refractivity contribution in [1.29, 1.82) is 5.39 Å².